The zero-order valence-electron chi connectivity index (χ0n) is 13.8. The van der Waals surface area contributed by atoms with Gasteiger partial charge in [-0.05, 0) is 36.8 Å². The molecule has 1 aromatic carbocycles. The summed E-state index contributed by atoms with van der Waals surface area (Å²) >= 11 is 1.36. The number of aryl methyl sites for hydroxylation is 1. The summed E-state index contributed by atoms with van der Waals surface area (Å²) in [6, 6.07) is 9.14. The molecule has 132 valence electrons. The second-order valence-electron chi connectivity index (χ2n) is 5.58. The highest BCUT2D eigenvalue weighted by Gasteiger charge is 2.13. The molecule has 2 aromatic heterocycles. The Labute approximate surface area is 152 Å². The zero-order chi connectivity index (χ0) is 18.7. The van der Waals surface area contributed by atoms with Gasteiger partial charge in [-0.15, -0.1) is 11.3 Å². The molecule has 0 unspecified atom stereocenters. The summed E-state index contributed by atoms with van der Waals surface area (Å²) in [5.41, 5.74) is 7.27. The summed E-state index contributed by atoms with van der Waals surface area (Å²) in [5.74, 6) is -1.31. The Bertz CT molecular complexity index is 952. The van der Waals surface area contributed by atoms with Gasteiger partial charge in [0.15, 0.2) is 5.13 Å². The fourth-order valence-electron chi connectivity index (χ4n) is 2.28. The Morgan fingerprint density at radius 1 is 1.19 bits per heavy atom. The second-order valence-corrected chi connectivity index (χ2v) is 6.66. The lowest BCUT2D eigenvalue weighted by Gasteiger charge is -2.02. The normalized spacial score (nSPS) is 10.5. The molecule has 0 fully saturated rings. The lowest BCUT2D eigenvalue weighted by molar-refractivity contribution is 0.0990. The number of anilines is 1. The molecule has 0 radical (unpaired) electrons. The third kappa shape index (κ3) is 4.09. The van der Waals surface area contributed by atoms with Crippen molar-refractivity contribution in [3.8, 4) is 0 Å². The monoisotopic (exact) mass is 370 g/mol. The Morgan fingerprint density at radius 3 is 2.54 bits per heavy atom. The van der Waals surface area contributed by atoms with Gasteiger partial charge in [0.2, 0.25) is 0 Å². The molecule has 0 spiro atoms. The van der Waals surface area contributed by atoms with E-state index in [0.717, 1.165) is 16.1 Å². The van der Waals surface area contributed by atoms with Gasteiger partial charge in [-0.2, -0.15) is 0 Å². The molecular formula is C18H15FN4O2S. The van der Waals surface area contributed by atoms with E-state index in [1.807, 2.05) is 6.92 Å². The number of carbonyl (C=O) groups excluding carboxylic acids is 2. The molecule has 26 heavy (non-hydrogen) atoms. The van der Waals surface area contributed by atoms with Crippen molar-refractivity contribution in [1.82, 2.24) is 9.97 Å². The number of primary amides is 1. The quantitative estimate of drug-likeness (QED) is 0.721. The molecule has 2 amide bonds. The van der Waals surface area contributed by atoms with E-state index in [0.29, 0.717) is 17.1 Å². The lowest BCUT2D eigenvalue weighted by atomic mass is 10.1. The molecule has 0 aliphatic carbocycles. The smallest absolute Gasteiger partial charge is 0.267 e. The van der Waals surface area contributed by atoms with Crippen molar-refractivity contribution < 1.29 is 14.0 Å². The fraction of sp³-hybridized carbons (Fsp3) is 0.111. The molecule has 3 rings (SSSR count). The average molecular weight is 370 g/mol. The van der Waals surface area contributed by atoms with E-state index in [1.54, 1.807) is 12.1 Å². The van der Waals surface area contributed by atoms with Crippen LogP contribution < -0.4 is 11.1 Å². The second kappa shape index (κ2) is 7.40. The number of benzene rings is 1. The van der Waals surface area contributed by atoms with E-state index in [1.165, 1.54) is 41.8 Å². The molecule has 0 aliphatic rings. The van der Waals surface area contributed by atoms with Gasteiger partial charge in [0.05, 0.1) is 11.3 Å². The molecule has 3 N–H and O–H groups in total. The maximum atomic E-state index is 13.0. The summed E-state index contributed by atoms with van der Waals surface area (Å²) in [6.07, 6.45) is 1.89. The first-order chi connectivity index (χ1) is 12.4. The number of thiazole rings is 1. The summed E-state index contributed by atoms with van der Waals surface area (Å²) in [6.45, 7) is 1.86. The predicted molar refractivity (Wildman–Crippen MR) is 96.8 cm³/mol. The van der Waals surface area contributed by atoms with Crippen molar-refractivity contribution >= 4 is 28.3 Å². The number of nitrogens with two attached hydrogens (primary N) is 1. The van der Waals surface area contributed by atoms with Crippen LogP contribution in [0.1, 0.15) is 37.0 Å². The van der Waals surface area contributed by atoms with Crippen LogP contribution in [-0.2, 0) is 6.42 Å². The van der Waals surface area contributed by atoms with Crippen molar-refractivity contribution in [3.05, 3.63) is 75.8 Å². The number of nitrogens with one attached hydrogen (secondary N) is 1. The molecule has 8 heteroatoms. The summed E-state index contributed by atoms with van der Waals surface area (Å²) < 4.78 is 13.0. The lowest BCUT2D eigenvalue weighted by Crippen LogP contribution is -2.15. The van der Waals surface area contributed by atoms with Gasteiger partial charge in [-0.3, -0.25) is 19.9 Å². The van der Waals surface area contributed by atoms with Gasteiger partial charge in [-0.1, -0.05) is 12.1 Å². The van der Waals surface area contributed by atoms with Crippen LogP contribution >= 0.6 is 11.3 Å². The van der Waals surface area contributed by atoms with Gasteiger partial charge >= 0.3 is 0 Å². The maximum absolute atomic E-state index is 13.0. The Hall–Kier alpha value is -3.13. The highest BCUT2D eigenvalue weighted by atomic mass is 32.1. The zero-order valence-corrected chi connectivity index (χ0v) is 14.6. The minimum atomic E-state index is -0.655. The number of aromatic nitrogens is 2. The molecule has 0 bridgehead atoms. The van der Waals surface area contributed by atoms with Gasteiger partial charge in [0.25, 0.3) is 11.8 Å². The number of hydrogen-bond acceptors (Lipinski definition) is 5. The number of carbonyl (C=O) groups is 2. The van der Waals surface area contributed by atoms with E-state index in [4.69, 9.17) is 5.73 Å². The van der Waals surface area contributed by atoms with Gasteiger partial charge < -0.3 is 5.73 Å². The molecule has 3 aromatic rings. The van der Waals surface area contributed by atoms with Crippen LogP contribution in [0.2, 0.25) is 0 Å². The first-order valence-electron chi connectivity index (χ1n) is 7.70. The third-order valence-electron chi connectivity index (χ3n) is 3.67. The number of pyridine rings is 1. The SMILES string of the molecule is Cc1nc(NC(=O)c2ccc(C(N)=O)nc2)sc1Cc1ccc(F)cc1. The van der Waals surface area contributed by atoms with Crippen LogP contribution in [0, 0.1) is 12.7 Å². The Kier molecular flexibility index (Phi) is 5.04. The highest BCUT2D eigenvalue weighted by Crippen LogP contribution is 2.25. The molecule has 0 saturated carbocycles. The number of amides is 2. The van der Waals surface area contributed by atoms with E-state index >= 15 is 0 Å². The number of hydrogen-bond donors (Lipinski definition) is 2. The van der Waals surface area contributed by atoms with Crippen molar-refractivity contribution in [2.45, 2.75) is 13.3 Å². The van der Waals surface area contributed by atoms with Crippen molar-refractivity contribution in [3.63, 3.8) is 0 Å². The largest absolute Gasteiger partial charge is 0.364 e. The van der Waals surface area contributed by atoms with Crippen LogP contribution in [-0.4, -0.2) is 21.8 Å². The van der Waals surface area contributed by atoms with Crippen molar-refractivity contribution in [2.24, 2.45) is 5.73 Å². The van der Waals surface area contributed by atoms with Crippen LogP contribution in [0.15, 0.2) is 42.6 Å². The molecular weight excluding hydrogens is 355 g/mol. The van der Waals surface area contributed by atoms with E-state index in [-0.39, 0.29) is 17.4 Å². The Balaban J connectivity index is 1.71. The highest BCUT2D eigenvalue weighted by molar-refractivity contribution is 7.15. The first-order valence-corrected chi connectivity index (χ1v) is 8.52. The van der Waals surface area contributed by atoms with Crippen LogP contribution in [0.5, 0.6) is 0 Å². The third-order valence-corrected chi connectivity index (χ3v) is 4.74. The molecule has 6 nitrogen and oxygen atoms in total. The standard InChI is InChI=1S/C18H15FN4O2S/c1-10-15(8-11-2-5-13(19)6-3-11)26-18(22-10)23-17(25)12-4-7-14(16(20)24)21-9-12/h2-7,9H,8H2,1H3,(H2,20,24)(H,22,23,25). The predicted octanol–water partition coefficient (Wildman–Crippen LogP) is 2.93. The molecule has 0 saturated heterocycles. The number of nitrogens with zero attached hydrogens (tertiary/aromatic N) is 2. The summed E-state index contributed by atoms with van der Waals surface area (Å²) in [5, 5.41) is 3.18. The molecule has 0 aliphatic heterocycles. The van der Waals surface area contributed by atoms with Gasteiger partial charge in [0.1, 0.15) is 11.5 Å². The van der Waals surface area contributed by atoms with E-state index in [9.17, 15) is 14.0 Å². The first kappa shape index (κ1) is 17.7. The summed E-state index contributed by atoms with van der Waals surface area (Å²) in [7, 11) is 0. The molecule has 0 atom stereocenters. The van der Waals surface area contributed by atoms with Crippen molar-refractivity contribution in [2.75, 3.05) is 5.32 Å². The Morgan fingerprint density at radius 2 is 1.92 bits per heavy atom. The van der Waals surface area contributed by atoms with Crippen LogP contribution in [0.25, 0.3) is 0 Å². The van der Waals surface area contributed by atoms with Crippen LogP contribution in [0.3, 0.4) is 0 Å². The number of halogens is 1. The molecule has 2 heterocycles. The maximum Gasteiger partial charge on any atom is 0.267 e. The summed E-state index contributed by atoms with van der Waals surface area (Å²) in [4.78, 5) is 32.5. The van der Waals surface area contributed by atoms with E-state index in [2.05, 4.69) is 15.3 Å². The topological polar surface area (TPSA) is 98.0 Å². The van der Waals surface area contributed by atoms with Crippen molar-refractivity contribution in [1.29, 1.82) is 0 Å². The number of rotatable bonds is 5. The minimum absolute atomic E-state index is 0.0910. The van der Waals surface area contributed by atoms with Crippen LogP contribution in [0.4, 0.5) is 9.52 Å². The van der Waals surface area contributed by atoms with Gasteiger partial charge in [-0.25, -0.2) is 9.37 Å². The van der Waals surface area contributed by atoms with E-state index < -0.39 is 5.91 Å². The minimum Gasteiger partial charge on any atom is -0.364 e. The fourth-order valence-corrected chi connectivity index (χ4v) is 3.27. The van der Waals surface area contributed by atoms with Gasteiger partial charge in [0, 0.05) is 17.5 Å². The average Bonchev–Trinajstić information content (AvgIpc) is 2.96.